The minimum atomic E-state index is -0.400. The molecule has 0 aliphatic heterocycles. The molecule has 0 saturated heterocycles. The van der Waals surface area contributed by atoms with E-state index in [2.05, 4.69) is 5.32 Å². The Bertz CT molecular complexity index is 1130. The van der Waals surface area contributed by atoms with Crippen LogP contribution < -0.4 is 15.8 Å². The Balaban J connectivity index is 1.75. The molecule has 1 aliphatic rings. The summed E-state index contributed by atoms with van der Waals surface area (Å²) in [5, 5.41) is 2.73. The highest BCUT2D eigenvalue weighted by Gasteiger charge is 2.33. The molecule has 0 radical (unpaired) electrons. The number of fused-ring (bicyclic) bond motifs is 2. The first-order valence-corrected chi connectivity index (χ1v) is 8.57. The van der Waals surface area contributed by atoms with Gasteiger partial charge in [0.2, 0.25) is 0 Å². The molecule has 0 fully saturated rings. The number of nitrogens with two attached hydrogens (primary N) is 1. The molecule has 28 heavy (non-hydrogen) atoms. The van der Waals surface area contributed by atoms with E-state index in [0.29, 0.717) is 11.3 Å². The molecule has 3 aromatic carbocycles. The normalized spacial score (nSPS) is 12.2. The van der Waals surface area contributed by atoms with Crippen molar-refractivity contribution in [3.63, 3.8) is 0 Å². The number of hydrogen-bond donors (Lipinski definition) is 2. The fourth-order valence-electron chi connectivity index (χ4n) is 3.31. The summed E-state index contributed by atoms with van der Waals surface area (Å²) in [6, 6.07) is 16.2. The lowest BCUT2D eigenvalue weighted by Crippen LogP contribution is -2.25. The van der Waals surface area contributed by atoms with Crippen LogP contribution in [0.3, 0.4) is 0 Å². The largest absolute Gasteiger partial charge is 0.497 e. The standard InChI is InChI=1S/C22H16N2O4/c1-28-13-10-8-12(9-11-13)22(27)24-17-7-3-5-15-19(17)21(26)18-14(20(15)25)4-2-6-16(18)23/h2-11H,23H2,1H3,(H,24,27). The average molecular weight is 372 g/mol. The summed E-state index contributed by atoms with van der Waals surface area (Å²) in [6.45, 7) is 0. The zero-order chi connectivity index (χ0) is 19.8. The van der Waals surface area contributed by atoms with Crippen LogP contribution in [0.5, 0.6) is 5.75 Å². The summed E-state index contributed by atoms with van der Waals surface area (Å²) in [7, 11) is 1.54. The highest BCUT2D eigenvalue weighted by Crippen LogP contribution is 2.34. The molecule has 0 spiro atoms. The van der Waals surface area contributed by atoms with E-state index in [0.717, 1.165) is 0 Å². The molecule has 3 aromatic rings. The second-order valence-corrected chi connectivity index (χ2v) is 6.34. The summed E-state index contributed by atoms with van der Waals surface area (Å²) >= 11 is 0. The van der Waals surface area contributed by atoms with Crippen molar-refractivity contribution in [1.29, 1.82) is 0 Å². The summed E-state index contributed by atoms with van der Waals surface area (Å²) in [5.41, 5.74) is 7.69. The third-order valence-corrected chi connectivity index (χ3v) is 4.70. The van der Waals surface area contributed by atoms with Gasteiger partial charge in [-0.2, -0.15) is 0 Å². The maximum absolute atomic E-state index is 13.1. The topological polar surface area (TPSA) is 98.5 Å². The van der Waals surface area contributed by atoms with E-state index < -0.39 is 5.91 Å². The lowest BCUT2D eigenvalue weighted by Gasteiger charge is -2.21. The zero-order valence-electron chi connectivity index (χ0n) is 15.0. The maximum atomic E-state index is 13.1. The number of anilines is 2. The van der Waals surface area contributed by atoms with Crippen LogP contribution in [0.25, 0.3) is 0 Å². The van der Waals surface area contributed by atoms with Gasteiger partial charge in [0, 0.05) is 22.4 Å². The Kier molecular flexibility index (Phi) is 4.16. The van der Waals surface area contributed by atoms with Gasteiger partial charge in [-0.05, 0) is 36.4 Å². The Morgan fingerprint density at radius 3 is 2.18 bits per heavy atom. The van der Waals surface area contributed by atoms with Gasteiger partial charge in [-0.1, -0.05) is 24.3 Å². The van der Waals surface area contributed by atoms with E-state index in [-0.39, 0.29) is 45.2 Å². The number of methoxy groups -OCH3 is 1. The quantitative estimate of drug-likeness (QED) is 0.538. The third kappa shape index (κ3) is 2.72. The molecule has 0 saturated carbocycles. The number of benzene rings is 3. The smallest absolute Gasteiger partial charge is 0.255 e. The number of carbonyl (C=O) groups excluding carboxylic acids is 3. The van der Waals surface area contributed by atoms with E-state index >= 15 is 0 Å². The minimum Gasteiger partial charge on any atom is -0.497 e. The molecule has 138 valence electrons. The Hall–Kier alpha value is -3.93. The highest BCUT2D eigenvalue weighted by molar-refractivity contribution is 6.32. The third-order valence-electron chi connectivity index (χ3n) is 4.70. The Morgan fingerprint density at radius 2 is 1.50 bits per heavy atom. The van der Waals surface area contributed by atoms with Gasteiger partial charge in [0.1, 0.15) is 5.75 Å². The van der Waals surface area contributed by atoms with E-state index in [1.807, 2.05) is 0 Å². The van der Waals surface area contributed by atoms with Crippen molar-refractivity contribution in [3.05, 3.63) is 88.5 Å². The van der Waals surface area contributed by atoms with Crippen LogP contribution in [-0.4, -0.2) is 24.6 Å². The predicted molar refractivity (Wildman–Crippen MR) is 105 cm³/mol. The molecule has 0 atom stereocenters. The monoisotopic (exact) mass is 372 g/mol. The van der Waals surface area contributed by atoms with Gasteiger partial charge in [0.25, 0.3) is 5.91 Å². The van der Waals surface area contributed by atoms with Gasteiger partial charge in [-0.25, -0.2) is 0 Å². The molecule has 4 rings (SSSR count). The van der Waals surface area contributed by atoms with Crippen LogP contribution in [0.2, 0.25) is 0 Å². The molecular weight excluding hydrogens is 356 g/mol. The second-order valence-electron chi connectivity index (χ2n) is 6.34. The first-order chi connectivity index (χ1) is 13.5. The van der Waals surface area contributed by atoms with Gasteiger partial charge in [0.15, 0.2) is 11.6 Å². The van der Waals surface area contributed by atoms with Crippen LogP contribution >= 0.6 is 0 Å². The number of ether oxygens (including phenoxy) is 1. The Morgan fingerprint density at radius 1 is 0.857 bits per heavy atom. The number of hydrogen-bond acceptors (Lipinski definition) is 5. The van der Waals surface area contributed by atoms with Crippen molar-refractivity contribution in [2.75, 3.05) is 18.2 Å². The first-order valence-electron chi connectivity index (χ1n) is 8.57. The summed E-state index contributed by atoms with van der Waals surface area (Å²) < 4.78 is 5.09. The van der Waals surface area contributed by atoms with E-state index in [4.69, 9.17) is 10.5 Å². The molecule has 0 bridgehead atoms. The zero-order valence-corrected chi connectivity index (χ0v) is 15.0. The lowest BCUT2D eigenvalue weighted by molar-refractivity contribution is 0.0979. The molecule has 0 aromatic heterocycles. The highest BCUT2D eigenvalue weighted by atomic mass is 16.5. The van der Waals surface area contributed by atoms with Crippen molar-refractivity contribution in [2.45, 2.75) is 0 Å². The van der Waals surface area contributed by atoms with E-state index in [9.17, 15) is 14.4 Å². The first kappa shape index (κ1) is 17.5. The number of nitrogen functional groups attached to an aromatic ring is 1. The molecular formula is C22H16N2O4. The number of carbonyl (C=O) groups is 3. The van der Waals surface area contributed by atoms with Crippen molar-refractivity contribution in [1.82, 2.24) is 0 Å². The maximum Gasteiger partial charge on any atom is 0.255 e. The van der Waals surface area contributed by atoms with Gasteiger partial charge < -0.3 is 15.8 Å². The molecule has 6 heteroatoms. The number of amides is 1. The molecule has 0 heterocycles. The van der Waals surface area contributed by atoms with E-state index in [1.54, 1.807) is 60.7 Å². The predicted octanol–water partition coefficient (Wildman–Crippen LogP) is 3.31. The van der Waals surface area contributed by atoms with Crippen molar-refractivity contribution < 1.29 is 19.1 Å². The second kappa shape index (κ2) is 6.66. The molecule has 0 unspecified atom stereocenters. The van der Waals surface area contributed by atoms with Crippen molar-refractivity contribution in [2.24, 2.45) is 0 Å². The van der Waals surface area contributed by atoms with E-state index in [1.165, 1.54) is 7.11 Å². The lowest BCUT2D eigenvalue weighted by atomic mass is 9.82. The molecule has 3 N–H and O–H groups in total. The molecule has 1 amide bonds. The van der Waals surface area contributed by atoms with Gasteiger partial charge in [0.05, 0.1) is 23.9 Å². The van der Waals surface area contributed by atoms with Crippen LogP contribution in [0.1, 0.15) is 42.2 Å². The number of nitrogens with one attached hydrogen (secondary N) is 1. The van der Waals surface area contributed by atoms with Gasteiger partial charge in [-0.3, -0.25) is 14.4 Å². The van der Waals surface area contributed by atoms with Gasteiger partial charge in [-0.15, -0.1) is 0 Å². The fourth-order valence-corrected chi connectivity index (χ4v) is 3.31. The van der Waals surface area contributed by atoms with Crippen LogP contribution in [0.15, 0.2) is 60.7 Å². The van der Waals surface area contributed by atoms with Crippen molar-refractivity contribution >= 4 is 28.8 Å². The van der Waals surface area contributed by atoms with Crippen LogP contribution in [-0.2, 0) is 0 Å². The Labute approximate surface area is 160 Å². The minimum absolute atomic E-state index is 0.153. The van der Waals surface area contributed by atoms with Crippen LogP contribution in [0.4, 0.5) is 11.4 Å². The molecule has 1 aliphatic carbocycles. The number of ketones is 2. The molecule has 6 nitrogen and oxygen atoms in total. The SMILES string of the molecule is COc1ccc(C(=O)Nc2cccc3c2C(=O)c2c(N)cccc2C3=O)cc1. The average Bonchev–Trinajstić information content (AvgIpc) is 2.71. The van der Waals surface area contributed by atoms with Crippen molar-refractivity contribution in [3.8, 4) is 5.75 Å². The fraction of sp³-hybridized carbons (Fsp3) is 0.0455. The van der Waals surface area contributed by atoms with Gasteiger partial charge >= 0.3 is 0 Å². The summed E-state index contributed by atoms with van der Waals surface area (Å²) in [4.78, 5) is 38.6. The summed E-state index contributed by atoms with van der Waals surface area (Å²) in [6.07, 6.45) is 0. The number of rotatable bonds is 3. The summed E-state index contributed by atoms with van der Waals surface area (Å²) in [5.74, 6) is -0.449. The van der Waals surface area contributed by atoms with Crippen LogP contribution in [0, 0.1) is 0 Å².